The predicted octanol–water partition coefficient (Wildman–Crippen LogP) is 6.81. The van der Waals surface area contributed by atoms with Gasteiger partial charge in [0, 0.05) is 0 Å². The summed E-state index contributed by atoms with van der Waals surface area (Å²) in [6, 6.07) is 18.8. The number of nitrogens with zero attached hydrogens (tertiary/aromatic N) is 1. The van der Waals surface area contributed by atoms with E-state index >= 15 is 0 Å². The van der Waals surface area contributed by atoms with Crippen molar-refractivity contribution in [3.63, 3.8) is 0 Å². The molecule has 0 aromatic heterocycles. The number of phenolic OH excluding ortho intramolecular Hbond substituents is 1. The Labute approximate surface area is 157 Å². The molecule has 2 aromatic rings. The summed E-state index contributed by atoms with van der Waals surface area (Å²) in [5.41, 5.74) is 3.62. The maximum atomic E-state index is 9.71. The molecule has 0 amide bonds. The Hall–Kier alpha value is -2.27. The van der Waals surface area contributed by atoms with E-state index in [1.165, 1.54) is 30.4 Å². The molecule has 0 aliphatic heterocycles. The molecule has 1 aliphatic rings. The van der Waals surface area contributed by atoms with Crippen molar-refractivity contribution in [1.82, 2.24) is 0 Å². The second kappa shape index (κ2) is 8.41. The number of hydrogen-bond acceptors (Lipinski definition) is 2. The standard InChI is InChI=1S/C24H29NO/c1-2-3-4-15-24(18-25)16-13-22(14-17-24)20-7-5-19(6-8-20)21-9-11-23(26)12-10-21/h5-12,22,26H,2-4,13-17H2,1H3. The van der Waals surface area contributed by atoms with E-state index in [-0.39, 0.29) is 5.41 Å². The molecule has 1 N–H and O–H groups in total. The zero-order chi connectivity index (χ0) is 18.4. The fourth-order valence-corrected chi connectivity index (χ4v) is 4.24. The predicted molar refractivity (Wildman–Crippen MR) is 107 cm³/mol. The monoisotopic (exact) mass is 347 g/mol. The highest BCUT2D eigenvalue weighted by molar-refractivity contribution is 5.64. The van der Waals surface area contributed by atoms with Gasteiger partial charge in [0.05, 0.1) is 11.5 Å². The number of phenols is 1. The van der Waals surface area contributed by atoms with Gasteiger partial charge >= 0.3 is 0 Å². The van der Waals surface area contributed by atoms with E-state index in [1.807, 2.05) is 12.1 Å². The van der Waals surface area contributed by atoms with E-state index in [2.05, 4.69) is 37.3 Å². The molecule has 0 spiro atoms. The average molecular weight is 348 g/mol. The van der Waals surface area contributed by atoms with Crippen LogP contribution in [0.5, 0.6) is 5.75 Å². The molecule has 0 unspecified atom stereocenters. The van der Waals surface area contributed by atoms with Gasteiger partial charge in [-0.15, -0.1) is 0 Å². The summed E-state index contributed by atoms with van der Waals surface area (Å²) in [6.07, 6.45) is 9.05. The van der Waals surface area contributed by atoms with Gasteiger partial charge in [-0.1, -0.05) is 62.6 Å². The maximum absolute atomic E-state index is 9.71. The Kier molecular flexibility index (Phi) is 5.99. The van der Waals surface area contributed by atoms with Crippen LogP contribution in [-0.2, 0) is 0 Å². The highest BCUT2D eigenvalue weighted by Gasteiger charge is 2.35. The van der Waals surface area contributed by atoms with Crippen LogP contribution in [0.25, 0.3) is 11.1 Å². The van der Waals surface area contributed by atoms with Crippen LogP contribution < -0.4 is 0 Å². The number of unbranched alkanes of at least 4 members (excludes halogenated alkanes) is 2. The van der Waals surface area contributed by atoms with Crippen LogP contribution in [0.2, 0.25) is 0 Å². The van der Waals surface area contributed by atoms with Crippen molar-refractivity contribution < 1.29 is 5.11 Å². The van der Waals surface area contributed by atoms with Crippen LogP contribution in [0.15, 0.2) is 48.5 Å². The van der Waals surface area contributed by atoms with Crippen molar-refractivity contribution in [2.75, 3.05) is 0 Å². The van der Waals surface area contributed by atoms with Crippen molar-refractivity contribution in [3.8, 4) is 22.9 Å². The number of rotatable bonds is 6. The summed E-state index contributed by atoms with van der Waals surface area (Å²) < 4.78 is 0. The van der Waals surface area contributed by atoms with E-state index in [0.29, 0.717) is 11.7 Å². The van der Waals surface area contributed by atoms with Crippen LogP contribution >= 0.6 is 0 Å². The van der Waals surface area contributed by atoms with Crippen molar-refractivity contribution >= 4 is 0 Å². The minimum Gasteiger partial charge on any atom is -0.508 e. The lowest BCUT2D eigenvalue weighted by Gasteiger charge is -2.35. The molecule has 0 saturated heterocycles. The molecule has 0 atom stereocenters. The van der Waals surface area contributed by atoms with Crippen molar-refractivity contribution in [3.05, 3.63) is 54.1 Å². The molecule has 0 heterocycles. The molecule has 2 heteroatoms. The molecule has 2 aromatic carbocycles. The SMILES string of the molecule is CCCCCC1(C#N)CCC(c2ccc(-c3ccc(O)cc3)cc2)CC1. The third-order valence-electron chi connectivity index (χ3n) is 6.02. The lowest BCUT2D eigenvalue weighted by molar-refractivity contribution is 0.223. The van der Waals surface area contributed by atoms with Crippen molar-refractivity contribution in [2.45, 2.75) is 64.2 Å². The largest absolute Gasteiger partial charge is 0.508 e. The highest BCUT2D eigenvalue weighted by atomic mass is 16.3. The summed E-state index contributed by atoms with van der Waals surface area (Å²) in [7, 11) is 0. The first-order valence-corrected chi connectivity index (χ1v) is 9.96. The summed E-state index contributed by atoms with van der Waals surface area (Å²) in [6.45, 7) is 2.22. The topological polar surface area (TPSA) is 44.0 Å². The molecule has 0 bridgehead atoms. The Morgan fingerprint density at radius 2 is 1.54 bits per heavy atom. The van der Waals surface area contributed by atoms with Gasteiger partial charge in [0.2, 0.25) is 0 Å². The van der Waals surface area contributed by atoms with Gasteiger partial charge in [0.15, 0.2) is 0 Å². The van der Waals surface area contributed by atoms with Crippen LogP contribution in [0.4, 0.5) is 0 Å². The molecule has 0 radical (unpaired) electrons. The summed E-state index contributed by atoms with van der Waals surface area (Å²) in [4.78, 5) is 0. The van der Waals surface area contributed by atoms with Crippen LogP contribution in [0.1, 0.15) is 69.8 Å². The molecule has 2 nitrogen and oxygen atoms in total. The van der Waals surface area contributed by atoms with E-state index < -0.39 is 0 Å². The smallest absolute Gasteiger partial charge is 0.115 e. The molecule has 136 valence electrons. The fourth-order valence-electron chi connectivity index (χ4n) is 4.24. The summed E-state index contributed by atoms with van der Waals surface area (Å²) >= 11 is 0. The fraction of sp³-hybridized carbons (Fsp3) is 0.458. The van der Waals surface area contributed by atoms with E-state index in [0.717, 1.165) is 37.7 Å². The second-order valence-corrected chi connectivity index (χ2v) is 7.79. The average Bonchev–Trinajstić information content (AvgIpc) is 2.69. The Balaban J connectivity index is 1.62. The van der Waals surface area contributed by atoms with Crippen LogP contribution in [0.3, 0.4) is 0 Å². The Bertz CT molecular complexity index is 731. The minimum absolute atomic E-state index is 0.0718. The summed E-state index contributed by atoms with van der Waals surface area (Å²) in [5, 5.41) is 19.1. The first kappa shape index (κ1) is 18.5. The van der Waals surface area contributed by atoms with Gasteiger partial charge in [0.25, 0.3) is 0 Å². The molecule has 1 fully saturated rings. The molecular formula is C24H29NO. The zero-order valence-electron chi connectivity index (χ0n) is 15.7. The first-order chi connectivity index (χ1) is 12.7. The van der Waals surface area contributed by atoms with Gasteiger partial charge in [-0.2, -0.15) is 5.26 Å². The quantitative estimate of drug-likeness (QED) is 0.583. The van der Waals surface area contributed by atoms with Crippen LogP contribution in [0, 0.1) is 16.7 Å². The zero-order valence-corrected chi connectivity index (χ0v) is 15.7. The highest BCUT2D eigenvalue weighted by Crippen LogP contribution is 2.45. The van der Waals surface area contributed by atoms with Gasteiger partial charge in [-0.25, -0.2) is 0 Å². The normalized spacial score (nSPS) is 22.7. The molecule has 1 aliphatic carbocycles. The third kappa shape index (κ3) is 4.28. The third-order valence-corrected chi connectivity index (χ3v) is 6.02. The van der Waals surface area contributed by atoms with Gasteiger partial charge < -0.3 is 5.11 Å². The van der Waals surface area contributed by atoms with Gasteiger partial charge in [-0.05, 0) is 66.8 Å². The number of aromatic hydroxyl groups is 1. The summed E-state index contributed by atoms with van der Waals surface area (Å²) in [5.74, 6) is 0.879. The minimum atomic E-state index is -0.0718. The molecule has 1 saturated carbocycles. The lowest BCUT2D eigenvalue weighted by Crippen LogP contribution is -2.25. The van der Waals surface area contributed by atoms with Gasteiger partial charge in [0.1, 0.15) is 5.75 Å². The second-order valence-electron chi connectivity index (χ2n) is 7.79. The van der Waals surface area contributed by atoms with E-state index in [9.17, 15) is 10.4 Å². The number of benzene rings is 2. The first-order valence-electron chi connectivity index (χ1n) is 9.96. The lowest BCUT2D eigenvalue weighted by atomic mass is 9.67. The van der Waals surface area contributed by atoms with E-state index in [4.69, 9.17) is 0 Å². The van der Waals surface area contributed by atoms with Crippen molar-refractivity contribution in [2.24, 2.45) is 5.41 Å². The molecule has 26 heavy (non-hydrogen) atoms. The Morgan fingerprint density at radius 3 is 2.08 bits per heavy atom. The molecular weight excluding hydrogens is 318 g/mol. The van der Waals surface area contributed by atoms with E-state index in [1.54, 1.807) is 12.1 Å². The van der Waals surface area contributed by atoms with Gasteiger partial charge in [-0.3, -0.25) is 0 Å². The maximum Gasteiger partial charge on any atom is 0.115 e. The van der Waals surface area contributed by atoms with Crippen LogP contribution in [-0.4, -0.2) is 5.11 Å². The number of nitriles is 1. The van der Waals surface area contributed by atoms with Crippen molar-refractivity contribution in [1.29, 1.82) is 5.26 Å². The number of hydrogen-bond donors (Lipinski definition) is 1. The Morgan fingerprint density at radius 1 is 0.962 bits per heavy atom. The molecule has 3 rings (SSSR count).